The Hall–Kier alpha value is -2.27. The van der Waals surface area contributed by atoms with E-state index in [1.54, 1.807) is 17.8 Å². The Bertz CT molecular complexity index is 741. The van der Waals surface area contributed by atoms with Crippen LogP contribution < -0.4 is 5.32 Å². The molecule has 1 atom stereocenters. The van der Waals surface area contributed by atoms with Crippen molar-refractivity contribution in [3.63, 3.8) is 0 Å². The lowest BCUT2D eigenvalue weighted by Gasteiger charge is -2.18. The number of carbonyl (C=O) groups excluding carboxylic acids is 1. The fraction of sp³-hybridized carbons (Fsp3) is 0.263. The zero-order valence-electron chi connectivity index (χ0n) is 14.0. The number of benzene rings is 2. The quantitative estimate of drug-likeness (QED) is 0.779. The standard InChI is InChI=1S/C19H21NO3S/c1-12-4-9-16(13(2)10-12)19(23)20-17(11-18(21)22)14-5-7-15(24-3)8-6-14/h4-10,17H,11H2,1-3H3,(H,20,23)(H,21,22). The zero-order valence-corrected chi connectivity index (χ0v) is 14.8. The highest BCUT2D eigenvalue weighted by Crippen LogP contribution is 2.22. The van der Waals surface area contributed by atoms with Gasteiger partial charge in [-0.2, -0.15) is 0 Å². The third kappa shape index (κ3) is 4.61. The number of thioether (sulfide) groups is 1. The molecule has 0 bridgehead atoms. The maximum absolute atomic E-state index is 12.6. The molecule has 2 aromatic carbocycles. The molecule has 0 heterocycles. The van der Waals surface area contributed by atoms with Crippen LogP contribution in [-0.2, 0) is 4.79 Å². The molecule has 0 saturated heterocycles. The second-order valence-corrected chi connectivity index (χ2v) is 6.60. The van der Waals surface area contributed by atoms with Gasteiger partial charge in [-0.25, -0.2) is 0 Å². The Morgan fingerprint density at radius 3 is 2.33 bits per heavy atom. The van der Waals surface area contributed by atoms with Crippen LogP contribution in [0.1, 0.15) is 39.5 Å². The number of nitrogens with one attached hydrogen (secondary N) is 1. The van der Waals surface area contributed by atoms with Crippen LogP contribution in [0, 0.1) is 13.8 Å². The van der Waals surface area contributed by atoms with Gasteiger partial charge in [-0.05, 0) is 49.4 Å². The average molecular weight is 343 g/mol. The van der Waals surface area contributed by atoms with Gasteiger partial charge in [0.1, 0.15) is 0 Å². The van der Waals surface area contributed by atoms with Crippen molar-refractivity contribution in [3.8, 4) is 0 Å². The summed E-state index contributed by atoms with van der Waals surface area (Å²) in [5, 5.41) is 12.0. The van der Waals surface area contributed by atoms with Gasteiger partial charge in [-0.15, -0.1) is 11.8 Å². The van der Waals surface area contributed by atoms with E-state index in [-0.39, 0.29) is 12.3 Å². The van der Waals surface area contributed by atoms with E-state index in [4.69, 9.17) is 5.11 Å². The molecule has 2 N–H and O–H groups in total. The van der Waals surface area contributed by atoms with Crippen molar-refractivity contribution in [3.05, 3.63) is 64.7 Å². The molecular formula is C19H21NO3S. The summed E-state index contributed by atoms with van der Waals surface area (Å²) in [6.45, 7) is 3.84. The first kappa shape index (κ1) is 18.1. The Morgan fingerprint density at radius 1 is 1.12 bits per heavy atom. The van der Waals surface area contributed by atoms with Gasteiger partial charge < -0.3 is 10.4 Å². The highest BCUT2D eigenvalue weighted by molar-refractivity contribution is 7.98. The number of carboxylic acid groups (broad SMARTS) is 1. The lowest BCUT2D eigenvalue weighted by molar-refractivity contribution is -0.137. The minimum Gasteiger partial charge on any atom is -0.481 e. The molecular weight excluding hydrogens is 322 g/mol. The molecule has 1 unspecified atom stereocenters. The number of rotatable bonds is 6. The number of aryl methyl sites for hydroxylation is 2. The normalized spacial score (nSPS) is 11.8. The van der Waals surface area contributed by atoms with Crippen molar-refractivity contribution in [1.29, 1.82) is 0 Å². The van der Waals surface area contributed by atoms with E-state index < -0.39 is 12.0 Å². The summed E-state index contributed by atoms with van der Waals surface area (Å²) in [4.78, 5) is 24.8. The van der Waals surface area contributed by atoms with Crippen molar-refractivity contribution in [2.24, 2.45) is 0 Å². The van der Waals surface area contributed by atoms with Gasteiger partial charge in [-0.1, -0.05) is 29.8 Å². The number of carbonyl (C=O) groups is 2. The van der Waals surface area contributed by atoms with E-state index in [1.807, 2.05) is 56.5 Å². The fourth-order valence-electron chi connectivity index (χ4n) is 2.57. The molecule has 1 amide bonds. The summed E-state index contributed by atoms with van der Waals surface area (Å²) >= 11 is 1.61. The van der Waals surface area contributed by atoms with E-state index in [0.29, 0.717) is 5.56 Å². The summed E-state index contributed by atoms with van der Waals surface area (Å²) in [7, 11) is 0. The number of hydrogen-bond donors (Lipinski definition) is 2. The zero-order chi connectivity index (χ0) is 17.7. The van der Waals surface area contributed by atoms with E-state index >= 15 is 0 Å². The molecule has 0 fully saturated rings. The maximum atomic E-state index is 12.6. The molecule has 0 spiro atoms. The molecule has 0 saturated carbocycles. The third-order valence-corrected chi connectivity index (χ3v) is 4.57. The average Bonchev–Trinajstić information content (AvgIpc) is 2.53. The van der Waals surface area contributed by atoms with Crippen LogP contribution in [0.3, 0.4) is 0 Å². The Labute approximate surface area is 146 Å². The van der Waals surface area contributed by atoms with E-state index in [2.05, 4.69) is 5.32 Å². The van der Waals surface area contributed by atoms with E-state index in [9.17, 15) is 9.59 Å². The highest BCUT2D eigenvalue weighted by atomic mass is 32.2. The molecule has 0 aliphatic rings. The largest absolute Gasteiger partial charge is 0.481 e. The van der Waals surface area contributed by atoms with E-state index in [1.165, 1.54) is 0 Å². The molecule has 0 radical (unpaired) electrons. The number of hydrogen-bond acceptors (Lipinski definition) is 3. The Morgan fingerprint density at radius 2 is 1.79 bits per heavy atom. The monoisotopic (exact) mass is 343 g/mol. The molecule has 126 valence electrons. The molecule has 5 heteroatoms. The first-order valence-electron chi connectivity index (χ1n) is 7.64. The van der Waals surface area contributed by atoms with Crippen molar-refractivity contribution >= 4 is 23.6 Å². The predicted molar refractivity (Wildman–Crippen MR) is 96.6 cm³/mol. The summed E-state index contributed by atoms with van der Waals surface area (Å²) in [5.74, 6) is -1.21. The number of aliphatic carboxylic acids is 1. The summed E-state index contributed by atoms with van der Waals surface area (Å²) < 4.78 is 0. The first-order chi connectivity index (χ1) is 11.4. The second kappa shape index (κ2) is 8.02. The molecule has 0 aliphatic heterocycles. The molecule has 4 nitrogen and oxygen atoms in total. The minimum absolute atomic E-state index is 0.157. The first-order valence-corrected chi connectivity index (χ1v) is 8.87. The molecule has 2 rings (SSSR count). The van der Waals surface area contributed by atoms with Crippen LogP contribution in [0.4, 0.5) is 0 Å². The van der Waals surface area contributed by atoms with Gasteiger partial charge in [0.15, 0.2) is 0 Å². The van der Waals surface area contributed by atoms with Gasteiger partial charge in [0.05, 0.1) is 12.5 Å². The van der Waals surface area contributed by atoms with Crippen LogP contribution >= 0.6 is 11.8 Å². The summed E-state index contributed by atoms with van der Waals surface area (Å²) in [6, 6.07) is 12.6. The van der Waals surface area contributed by atoms with Gasteiger partial charge >= 0.3 is 5.97 Å². The van der Waals surface area contributed by atoms with Crippen LogP contribution in [0.15, 0.2) is 47.4 Å². The summed E-state index contributed by atoms with van der Waals surface area (Å²) in [6.07, 6.45) is 1.82. The van der Waals surface area contributed by atoms with Crippen LogP contribution in [0.2, 0.25) is 0 Å². The van der Waals surface area contributed by atoms with Crippen LogP contribution in [0.5, 0.6) is 0 Å². The fourth-order valence-corrected chi connectivity index (χ4v) is 2.98. The summed E-state index contributed by atoms with van der Waals surface area (Å²) in [5.41, 5.74) is 3.31. The van der Waals surface area contributed by atoms with Crippen molar-refractivity contribution in [2.75, 3.05) is 6.26 Å². The SMILES string of the molecule is CSc1ccc(C(CC(=O)O)NC(=O)c2ccc(C)cc2C)cc1. The van der Waals surface area contributed by atoms with Gasteiger partial charge in [0.2, 0.25) is 0 Å². The molecule has 0 aromatic heterocycles. The van der Waals surface area contributed by atoms with Crippen molar-refractivity contribution in [2.45, 2.75) is 31.2 Å². The Balaban J connectivity index is 2.24. The highest BCUT2D eigenvalue weighted by Gasteiger charge is 2.20. The van der Waals surface area contributed by atoms with Gasteiger partial charge in [0.25, 0.3) is 5.91 Å². The third-order valence-electron chi connectivity index (χ3n) is 3.83. The number of amides is 1. The van der Waals surface area contributed by atoms with Crippen molar-refractivity contribution in [1.82, 2.24) is 5.32 Å². The van der Waals surface area contributed by atoms with E-state index in [0.717, 1.165) is 21.6 Å². The number of carboxylic acids is 1. The van der Waals surface area contributed by atoms with Gasteiger partial charge in [0, 0.05) is 10.5 Å². The molecule has 24 heavy (non-hydrogen) atoms. The topological polar surface area (TPSA) is 66.4 Å². The maximum Gasteiger partial charge on any atom is 0.305 e. The predicted octanol–water partition coefficient (Wildman–Crippen LogP) is 3.97. The minimum atomic E-state index is -0.949. The smallest absolute Gasteiger partial charge is 0.305 e. The Kier molecular flexibility index (Phi) is 6.04. The van der Waals surface area contributed by atoms with Crippen LogP contribution in [-0.4, -0.2) is 23.2 Å². The van der Waals surface area contributed by atoms with Gasteiger partial charge in [-0.3, -0.25) is 9.59 Å². The van der Waals surface area contributed by atoms with Crippen molar-refractivity contribution < 1.29 is 14.7 Å². The lowest BCUT2D eigenvalue weighted by atomic mass is 10.0. The second-order valence-electron chi connectivity index (χ2n) is 5.72. The van der Waals surface area contributed by atoms with Crippen LogP contribution in [0.25, 0.3) is 0 Å². The molecule has 2 aromatic rings. The lowest BCUT2D eigenvalue weighted by Crippen LogP contribution is -2.30. The molecule has 0 aliphatic carbocycles.